The van der Waals surface area contributed by atoms with Crippen molar-refractivity contribution in [3.63, 3.8) is 0 Å². The summed E-state index contributed by atoms with van der Waals surface area (Å²) in [6.07, 6.45) is 2.99. The second-order valence-corrected chi connectivity index (χ2v) is 6.35. The van der Waals surface area contributed by atoms with Crippen LogP contribution >= 0.6 is 0 Å². The Morgan fingerprint density at radius 3 is 2.52 bits per heavy atom. The van der Waals surface area contributed by atoms with E-state index in [1.807, 2.05) is 37.3 Å². The average Bonchev–Trinajstić information content (AvgIpc) is 2.74. The summed E-state index contributed by atoms with van der Waals surface area (Å²) >= 11 is 0. The van der Waals surface area contributed by atoms with Crippen LogP contribution in [0, 0.1) is 5.41 Å². The highest BCUT2D eigenvalue weighted by Crippen LogP contribution is 2.20. The molecule has 8 nitrogen and oxygen atoms in total. The van der Waals surface area contributed by atoms with Gasteiger partial charge in [0.15, 0.2) is 0 Å². The Morgan fingerprint density at radius 2 is 1.90 bits per heavy atom. The van der Waals surface area contributed by atoms with Crippen molar-refractivity contribution in [3.05, 3.63) is 77.6 Å². The van der Waals surface area contributed by atoms with E-state index in [0.29, 0.717) is 28.5 Å². The predicted molar refractivity (Wildman–Crippen MR) is 112 cm³/mol. The second-order valence-electron chi connectivity index (χ2n) is 6.35. The molecule has 0 bridgehead atoms. The average molecular weight is 390 g/mol. The van der Waals surface area contributed by atoms with E-state index >= 15 is 0 Å². The summed E-state index contributed by atoms with van der Waals surface area (Å²) in [7, 11) is 1.53. The minimum absolute atomic E-state index is 0.163. The highest BCUT2D eigenvalue weighted by Gasteiger charge is 2.13. The summed E-state index contributed by atoms with van der Waals surface area (Å²) in [4.78, 5) is 20.5. The number of nitrogen functional groups attached to an aromatic ring is 1. The SMILES string of the molecule is COc1ccc(C(=N)c2cnc(NC(=O)N[C@H](C)c3ccccc3)cc2N)cn1. The molecule has 3 rings (SSSR count). The van der Waals surface area contributed by atoms with E-state index in [9.17, 15) is 4.79 Å². The van der Waals surface area contributed by atoms with Gasteiger partial charge in [0.1, 0.15) is 5.82 Å². The van der Waals surface area contributed by atoms with Crippen molar-refractivity contribution in [1.29, 1.82) is 5.41 Å². The summed E-state index contributed by atoms with van der Waals surface area (Å²) < 4.78 is 5.02. The normalized spacial score (nSPS) is 11.4. The molecule has 8 heteroatoms. The Labute approximate surface area is 168 Å². The maximum absolute atomic E-state index is 12.2. The number of methoxy groups -OCH3 is 1. The van der Waals surface area contributed by atoms with E-state index < -0.39 is 6.03 Å². The molecule has 29 heavy (non-hydrogen) atoms. The van der Waals surface area contributed by atoms with E-state index in [4.69, 9.17) is 15.9 Å². The molecule has 3 aromatic rings. The van der Waals surface area contributed by atoms with Gasteiger partial charge in [-0.05, 0) is 18.6 Å². The predicted octanol–water partition coefficient (Wildman–Crippen LogP) is 3.37. The van der Waals surface area contributed by atoms with Gasteiger partial charge in [-0.1, -0.05) is 30.3 Å². The van der Waals surface area contributed by atoms with Crippen LogP contribution in [-0.2, 0) is 0 Å². The van der Waals surface area contributed by atoms with Crippen LogP contribution in [0.5, 0.6) is 5.88 Å². The molecule has 2 amide bonds. The topological polar surface area (TPSA) is 126 Å². The van der Waals surface area contributed by atoms with Crippen molar-refractivity contribution >= 4 is 23.2 Å². The molecule has 0 aliphatic heterocycles. The van der Waals surface area contributed by atoms with Crippen LogP contribution in [0.15, 0.2) is 60.9 Å². The number of benzene rings is 1. The van der Waals surface area contributed by atoms with Crippen molar-refractivity contribution < 1.29 is 9.53 Å². The maximum Gasteiger partial charge on any atom is 0.320 e. The molecule has 0 saturated heterocycles. The first-order valence-electron chi connectivity index (χ1n) is 8.95. The molecule has 1 atom stereocenters. The van der Waals surface area contributed by atoms with Gasteiger partial charge in [0.05, 0.1) is 18.9 Å². The minimum Gasteiger partial charge on any atom is -0.481 e. The van der Waals surface area contributed by atoms with Gasteiger partial charge in [-0.15, -0.1) is 0 Å². The summed E-state index contributed by atoms with van der Waals surface area (Å²) in [6.45, 7) is 1.89. The van der Waals surface area contributed by atoms with Crippen LogP contribution in [0.2, 0.25) is 0 Å². The Hall–Kier alpha value is -3.94. The third kappa shape index (κ3) is 4.86. The van der Waals surface area contributed by atoms with Crippen molar-refractivity contribution in [2.45, 2.75) is 13.0 Å². The molecule has 0 radical (unpaired) electrons. The lowest BCUT2D eigenvalue weighted by molar-refractivity contribution is 0.249. The van der Waals surface area contributed by atoms with Crippen molar-refractivity contribution in [1.82, 2.24) is 15.3 Å². The van der Waals surface area contributed by atoms with Gasteiger partial charge >= 0.3 is 6.03 Å². The number of nitrogens with one attached hydrogen (secondary N) is 3. The Morgan fingerprint density at radius 1 is 1.14 bits per heavy atom. The van der Waals surface area contributed by atoms with Crippen LogP contribution in [0.1, 0.15) is 29.7 Å². The van der Waals surface area contributed by atoms with Crippen molar-refractivity contribution in [2.24, 2.45) is 0 Å². The van der Waals surface area contributed by atoms with Crippen LogP contribution in [0.3, 0.4) is 0 Å². The maximum atomic E-state index is 12.2. The summed E-state index contributed by atoms with van der Waals surface area (Å²) in [5.41, 5.74) is 8.61. The molecule has 148 valence electrons. The standard InChI is InChI=1S/C21H22N6O2/c1-13(14-6-4-3-5-7-14)26-21(28)27-18-10-17(22)16(12-24-18)20(23)15-8-9-19(29-2)25-11-15/h3-13,23H,1-2H3,(H4,22,24,26,27,28)/t13-/m1/s1. The number of carbonyl (C=O) groups excluding carboxylic acids is 1. The number of amides is 2. The Bertz CT molecular complexity index is 1010. The lowest BCUT2D eigenvalue weighted by atomic mass is 10.0. The zero-order chi connectivity index (χ0) is 20.8. The molecule has 1 aromatic carbocycles. The highest BCUT2D eigenvalue weighted by atomic mass is 16.5. The van der Waals surface area contributed by atoms with Crippen LogP contribution < -0.4 is 21.1 Å². The number of pyridine rings is 2. The molecule has 0 spiro atoms. The molecule has 5 N–H and O–H groups in total. The van der Waals surface area contributed by atoms with Gasteiger partial charge < -0.3 is 15.8 Å². The van der Waals surface area contributed by atoms with E-state index in [1.54, 1.807) is 12.1 Å². The summed E-state index contributed by atoms with van der Waals surface area (Å²) in [5.74, 6) is 0.757. The highest BCUT2D eigenvalue weighted by molar-refractivity contribution is 6.13. The number of hydrogen-bond donors (Lipinski definition) is 4. The second kappa shape index (κ2) is 8.83. The van der Waals surface area contributed by atoms with Crippen LogP contribution in [0.25, 0.3) is 0 Å². The largest absolute Gasteiger partial charge is 0.481 e. The molecular formula is C21H22N6O2. The zero-order valence-corrected chi connectivity index (χ0v) is 16.1. The number of urea groups is 1. The van der Waals surface area contributed by atoms with Crippen molar-refractivity contribution in [3.8, 4) is 5.88 Å². The van der Waals surface area contributed by atoms with E-state index in [-0.39, 0.29) is 11.8 Å². The van der Waals surface area contributed by atoms with Gasteiger partial charge in [-0.3, -0.25) is 10.7 Å². The van der Waals surface area contributed by atoms with E-state index in [0.717, 1.165) is 5.56 Å². The number of nitrogens with zero attached hydrogens (tertiary/aromatic N) is 2. The monoisotopic (exact) mass is 390 g/mol. The first-order chi connectivity index (χ1) is 14.0. The number of carbonyl (C=O) groups is 1. The molecule has 0 aliphatic rings. The zero-order valence-electron chi connectivity index (χ0n) is 16.1. The van der Waals surface area contributed by atoms with Crippen molar-refractivity contribution in [2.75, 3.05) is 18.2 Å². The first-order valence-corrected chi connectivity index (χ1v) is 8.95. The first kappa shape index (κ1) is 19.8. The number of hydrogen-bond acceptors (Lipinski definition) is 6. The third-order valence-corrected chi connectivity index (χ3v) is 4.33. The summed E-state index contributed by atoms with van der Waals surface area (Å²) in [5, 5.41) is 13.8. The number of anilines is 2. The molecule has 2 aromatic heterocycles. The number of nitrogens with two attached hydrogens (primary N) is 1. The molecule has 0 aliphatic carbocycles. The van der Waals surface area contributed by atoms with E-state index in [2.05, 4.69) is 20.6 Å². The quantitative estimate of drug-likeness (QED) is 0.480. The minimum atomic E-state index is -0.393. The van der Waals surface area contributed by atoms with Gasteiger partial charge in [0, 0.05) is 41.3 Å². The fraction of sp³-hybridized carbons (Fsp3) is 0.143. The Kier molecular flexibility index (Phi) is 6.03. The molecule has 0 fully saturated rings. The van der Waals surface area contributed by atoms with Gasteiger partial charge in [-0.2, -0.15) is 0 Å². The van der Waals surface area contributed by atoms with Gasteiger partial charge in [0.25, 0.3) is 0 Å². The van der Waals surface area contributed by atoms with E-state index in [1.165, 1.54) is 25.6 Å². The van der Waals surface area contributed by atoms with Gasteiger partial charge in [0.2, 0.25) is 5.88 Å². The van der Waals surface area contributed by atoms with Crippen LogP contribution in [0.4, 0.5) is 16.3 Å². The fourth-order valence-corrected chi connectivity index (χ4v) is 2.73. The fourth-order valence-electron chi connectivity index (χ4n) is 2.73. The molecule has 0 saturated carbocycles. The molecular weight excluding hydrogens is 368 g/mol. The lowest BCUT2D eigenvalue weighted by Crippen LogP contribution is -2.31. The number of aromatic nitrogens is 2. The van der Waals surface area contributed by atoms with Crippen LogP contribution in [-0.4, -0.2) is 28.8 Å². The molecule has 2 heterocycles. The van der Waals surface area contributed by atoms with Gasteiger partial charge in [-0.25, -0.2) is 14.8 Å². The summed E-state index contributed by atoms with van der Waals surface area (Å²) in [6, 6.07) is 14.0. The molecule has 0 unspecified atom stereocenters. The number of rotatable bonds is 6. The number of ether oxygens (including phenoxy) is 1. The third-order valence-electron chi connectivity index (χ3n) is 4.33. The smallest absolute Gasteiger partial charge is 0.320 e. The Balaban J connectivity index is 1.67. The lowest BCUT2D eigenvalue weighted by Gasteiger charge is -2.15.